The molecule has 4 heteroatoms. The maximum Gasteiger partial charge on any atom is 0.143 e. The minimum Gasteiger partial charge on any atom is -0.491 e. The van der Waals surface area contributed by atoms with Gasteiger partial charge in [-0.3, -0.25) is 4.98 Å². The Labute approximate surface area is 79.1 Å². The Morgan fingerprint density at radius 1 is 1.67 bits per heavy atom. The lowest BCUT2D eigenvalue weighted by molar-refractivity contribution is 0.264. The topological polar surface area (TPSA) is 48.1 Å². The van der Waals surface area contributed by atoms with Crippen LogP contribution in [0, 0.1) is 0 Å². The molecule has 0 aliphatic carbocycles. The van der Waals surface area contributed by atoms with Crippen LogP contribution in [0.2, 0.25) is 0 Å². The van der Waals surface area contributed by atoms with Crippen LogP contribution in [-0.4, -0.2) is 11.6 Å². The summed E-state index contributed by atoms with van der Waals surface area (Å²) in [5.41, 5.74) is 6.70. The van der Waals surface area contributed by atoms with E-state index >= 15 is 0 Å². The van der Waals surface area contributed by atoms with Gasteiger partial charge in [0, 0.05) is 17.1 Å². The Balaban J connectivity index is 2.46. The molecule has 0 fully saturated rings. The van der Waals surface area contributed by atoms with Crippen LogP contribution in [-0.2, 0) is 0 Å². The maximum absolute atomic E-state index is 5.84. The van der Waals surface area contributed by atoms with Gasteiger partial charge in [0.15, 0.2) is 0 Å². The molecule has 0 amide bonds. The van der Waals surface area contributed by atoms with Crippen molar-refractivity contribution in [1.82, 2.24) is 4.98 Å². The quantitative estimate of drug-likeness (QED) is 0.735. The van der Waals surface area contributed by atoms with Gasteiger partial charge in [0.2, 0.25) is 0 Å². The number of nitrogens with zero attached hydrogens (tertiary/aromatic N) is 1. The lowest BCUT2D eigenvalue weighted by Crippen LogP contribution is -2.21. The highest BCUT2D eigenvalue weighted by atomic mass is 79.9. The van der Waals surface area contributed by atoms with E-state index in [0.29, 0.717) is 6.61 Å². The van der Waals surface area contributed by atoms with E-state index in [-0.39, 0.29) is 6.04 Å². The third kappa shape index (κ3) is 1.32. The monoisotopic (exact) mass is 228 g/mol. The van der Waals surface area contributed by atoms with Crippen LogP contribution in [0.4, 0.5) is 0 Å². The molecule has 0 spiro atoms. The average molecular weight is 229 g/mol. The summed E-state index contributed by atoms with van der Waals surface area (Å²) < 4.78 is 6.33. The number of nitrogens with two attached hydrogens (primary N) is 1. The smallest absolute Gasteiger partial charge is 0.143 e. The van der Waals surface area contributed by atoms with E-state index in [1.54, 1.807) is 6.20 Å². The predicted octanol–water partition coefficient (Wildman–Crippen LogP) is 1.63. The van der Waals surface area contributed by atoms with Crippen LogP contribution in [0.5, 0.6) is 5.75 Å². The second-order valence-electron chi connectivity index (χ2n) is 2.78. The van der Waals surface area contributed by atoms with E-state index < -0.39 is 0 Å². The number of aromatic nitrogens is 1. The number of hydrogen-bond donors (Lipinski definition) is 1. The van der Waals surface area contributed by atoms with Gasteiger partial charge in [-0.15, -0.1) is 0 Å². The summed E-state index contributed by atoms with van der Waals surface area (Å²) in [6, 6.07) is 1.93. The van der Waals surface area contributed by atoms with Crippen LogP contribution in [0.15, 0.2) is 16.7 Å². The largest absolute Gasteiger partial charge is 0.491 e. The van der Waals surface area contributed by atoms with Crippen molar-refractivity contribution in [2.24, 2.45) is 5.73 Å². The Morgan fingerprint density at radius 2 is 2.50 bits per heavy atom. The molecule has 1 aromatic heterocycles. The molecule has 1 aliphatic rings. The first-order valence-corrected chi connectivity index (χ1v) is 4.60. The molecule has 1 aromatic rings. The summed E-state index contributed by atoms with van der Waals surface area (Å²) in [5.74, 6) is 0.808. The lowest BCUT2D eigenvalue weighted by atomic mass is 10.1. The fourth-order valence-electron chi connectivity index (χ4n) is 1.26. The number of ether oxygens (including phenoxy) is 1. The summed E-state index contributed by atoms with van der Waals surface area (Å²) in [4.78, 5) is 4.20. The third-order valence-corrected chi connectivity index (χ3v) is 2.32. The van der Waals surface area contributed by atoms with Gasteiger partial charge in [0.05, 0.1) is 18.3 Å². The zero-order valence-corrected chi connectivity index (χ0v) is 8.04. The minimum absolute atomic E-state index is 0.0295. The van der Waals surface area contributed by atoms with Gasteiger partial charge in [-0.2, -0.15) is 0 Å². The third-order valence-electron chi connectivity index (χ3n) is 1.89. The van der Waals surface area contributed by atoms with Gasteiger partial charge >= 0.3 is 0 Å². The van der Waals surface area contributed by atoms with Crippen LogP contribution >= 0.6 is 15.9 Å². The predicted molar refractivity (Wildman–Crippen MR) is 49.0 cm³/mol. The van der Waals surface area contributed by atoms with E-state index in [2.05, 4.69) is 20.9 Å². The molecule has 0 bridgehead atoms. The molecule has 0 radical (unpaired) electrons. The van der Waals surface area contributed by atoms with Crippen molar-refractivity contribution >= 4 is 15.9 Å². The summed E-state index contributed by atoms with van der Waals surface area (Å²) in [7, 11) is 0. The first kappa shape index (κ1) is 8.01. The Morgan fingerprint density at radius 3 is 3.33 bits per heavy atom. The molecule has 2 N–H and O–H groups in total. The van der Waals surface area contributed by atoms with Crippen LogP contribution < -0.4 is 10.5 Å². The number of rotatable bonds is 0. The van der Waals surface area contributed by atoms with E-state index in [0.717, 1.165) is 22.3 Å². The molecule has 12 heavy (non-hydrogen) atoms. The van der Waals surface area contributed by atoms with Crippen molar-refractivity contribution in [3.8, 4) is 5.75 Å². The molecule has 0 saturated carbocycles. The normalized spacial score (nSPS) is 21.3. The van der Waals surface area contributed by atoms with E-state index in [1.165, 1.54) is 0 Å². The molecule has 1 atom stereocenters. The van der Waals surface area contributed by atoms with Gasteiger partial charge in [-0.25, -0.2) is 0 Å². The van der Waals surface area contributed by atoms with Crippen molar-refractivity contribution < 1.29 is 4.74 Å². The second-order valence-corrected chi connectivity index (χ2v) is 3.70. The van der Waals surface area contributed by atoms with Crippen molar-refractivity contribution in [2.75, 3.05) is 6.61 Å². The first-order valence-electron chi connectivity index (χ1n) is 3.81. The molecular formula is C8H9BrN2O. The molecule has 1 unspecified atom stereocenters. The van der Waals surface area contributed by atoms with Crippen LogP contribution in [0.25, 0.3) is 0 Å². The summed E-state index contributed by atoms with van der Waals surface area (Å²) in [6.07, 6.45) is 2.59. The Bertz CT molecular complexity index is 303. The highest BCUT2D eigenvalue weighted by Gasteiger charge is 2.19. The Kier molecular flexibility index (Phi) is 2.02. The van der Waals surface area contributed by atoms with E-state index in [9.17, 15) is 0 Å². The van der Waals surface area contributed by atoms with Gasteiger partial charge in [0.25, 0.3) is 0 Å². The van der Waals surface area contributed by atoms with Crippen molar-refractivity contribution in [3.05, 3.63) is 22.4 Å². The van der Waals surface area contributed by atoms with E-state index in [4.69, 9.17) is 10.5 Å². The highest BCUT2D eigenvalue weighted by Crippen LogP contribution is 2.30. The SMILES string of the molecule is NC1CCOc2cc(Br)cnc21. The fraction of sp³-hybridized carbons (Fsp3) is 0.375. The van der Waals surface area contributed by atoms with Gasteiger partial charge in [-0.1, -0.05) is 0 Å². The Hall–Kier alpha value is -0.610. The molecule has 0 aromatic carbocycles. The lowest BCUT2D eigenvalue weighted by Gasteiger charge is -2.21. The number of fused-ring (bicyclic) bond motifs is 1. The molecule has 2 rings (SSSR count). The number of halogens is 1. The van der Waals surface area contributed by atoms with E-state index in [1.807, 2.05) is 6.07 Å². The van der Waals surface area contributed by atoms with Crippen LogP contribution in [0.1, 0.15) is 18.2 Å². The first-order chi connectivity index (χ1) is 5.77. The number of hydrogen-bond acceptors (Lipinski definition) is 3. The molecule has 2 heterocycles. The van der Waals surface area contributed by atoms with Gasteiger partial charge in [0.1, 0.15) is 5.75 Å². The highest BCUT2D eigenvalue weighted by molar-refractivity contribution is 9.10. The van der Waals surface area contributed by atoms with Gasteiger partial charge < -0.3 is 10.5 Å². The zero-order valence-electron chi connectivity index (χ0n) is 6.46. The summed E-state index contributed by atoms with van der Waals surface area (Å²) in [5, 5.41) is 0. The minimum atomic E-state index is 0.0295. The number of pyridine rings is 1. The molecule has 64 valence electrons. The van der Waals surface area contributed by atoms with Crippen molar-refractivity contribution in [2.45, 2.75) is 12.5 Å². The fourth-order valence-corrected chi connectivity index (χ4v) is 1.57. The van der Waals surface area contributed by atoms with Crippen molar-refractivity contribution in [1.29, 1.82) is 0 Å². The summed E-state index contributed by atoms with van der Waals surface area (Å²) >= 11 is 3.33. The molecule has 3 nitrogen and oxygen atoms in total. The van der Waals surface area contributed by atoms with Crippen LogP contribution in [0.3, 0.4) is 0 Å². The second kappa shape index (κ2) is 3.03. The standard InChI is InChI=1S/C8H9BrN2O/c9-5-3-7-8(11-4-5)6(10)1-2-12-7/h3-4,6H,1-2,10H2. The zero-order chi connectivity index (χ0) is 8.55. The summed E-state index contributed by atoms with van der Waals surface area (Å²) in [6.45, 7) is 0.687. The molecule has 1 aliphatic heterocycles. The van der Waals surface area contributed by atoms with Gasteiger partial charge in [-0.05, 0) is 22.0 Å². The average Bonchev–Trinajstić information content (AvgIpc) is 2.04. The maximum atomic E-state index is 5.84. The van der Waals surface area contributed by atoms with Crippen molar-refractivity contribution in [3.63, 3.8) is 0 Å². The molecular weight excluding hydrogens is 220 g/mol. The molecule has 0 saturated heterocycles.